The molecular weight excluding hydrogens is 247 g/mol. The number of carbonyl (C=O) groups is 1. The fraction of sp³-hybridized carbons (Fsp3) is 0. The molecule has 0 saturated carbocycles. The number of rotatable bonds is 2. The van der Waals surface area contributed by atoms with Crippen LogP contribution in [0.4, 0.5) is 4.39 Å². The Kier molecular flexibility index (Phi) is 2.52. The molecule has 0 atom stereocenters. The minimum atomic E-state index is -1.02. The van der Waals surface area contributed by atoms with E-state index in [2.05, 4.69) is 4.98 Å². The van der Waals surface area contributed by atoms with Gasteiger partial charge in [0.1, 0.15) is 5.82 Å². The molecule has 19 heavy (non-hydrogen) atoms. The first-order valence-corrected chi connectivity index (χ1v) is 5.61. The number of pyridine rings is 1. The Morgan fingerprint density at radius 3 is 2.58 bits per heavy atom. The molecule has 5 heteroatoms. The van der Waals surface area contributed by atoms with Gasteiger partial charge in [-0.15, -0.1) is 0 Å². The van der Waals surface area contributed by atoms with Crippen LogP contribution >= 0.6 is 0 Å². The summed E-state index contributed by atoms with van der Waals surface area (Å²) in [4.78, 5) is 15.0. The Bertz CT molecular complexity index is 763. The van der Waals surface area contributed by atoms with Crippen molar-refractivity contribution in [3.8, 4) is 5.69 Å². The second-order valence-electron chi connectivity index (χ2n) is 4.09. The summed E-state index contributed by atoms with van der Waals surface area (Å²) in [7, 11) is 0. The topological polar surface area (TPSA) is 55.1 Å². The Morgan fingerprint density at radius 1 is 1.16 bits per heavy atom. The van der Waals surface area contributed by atoms with E-state index in [1.165, 1.54) is 18.3 Å². The SMILES string of the molecule is O=C(O)c1cncc2c1ccn2-c1ccc(F)cc1. The molecule has 0 aliphatic rings. The van der Waals surface area contributed by atoms with Crippen molar-refractivity contribution in [3.63, 3.8) is 0 Å². The van der Waals surface area contributed by atoms with Gasteiger partial charge >= 0.3 is 5.97 Å². The Balaban J connectivity index is 2.24. The van der Waals surface area contributed by atoms with E-state index in [0.717, 1.165) is 5.69 Å². The fourth-order valence-electron chi connectivity index (χ4n) is 2.05. The lowest BCUT2D eigenvalue weighted by atomic mass is 10.2. The standard InChI is InChI=1S/C14H9FN2O2/c15-9-1-3-10(4-2-9)17-6-5-11-12(14(18)19)7-16-8-13(11)17/h1-8H,(H,18,19). The van der Waals surface area contributed by atoms with Crippen molar-refractivity contribution in [2.75, 3.05) is 0 Å². The molecule has 0 saturated heterocycles. The third-order valence-corrected chi connectivity index (χ3v) is 2.95. The maximum absolute atomic E-state index is 12.9. The van der Waals surface area contributed by atoms with E-state index in [9.17, 15) is 9.18 Å². The summed E-state index contributed by atoms with van der Waals surface area (Å²) in [6, 6.07) is 7.68. The van der Waals surface area contributed by atoms with Gasteiger partial charge in [-0.25, -0.2) is 9.18 Å². The van der Waals surface area contributed by atoms with Crippen LogP contribution in [0.5, 0.6) is 0 Å². The normalized spacial score (nSPS) is 10.8. The highest BCUT2D eigenvalue weighted by Gasteiger charge is 2.12. The van der Waals surface area contributed by atoms with Gasteiger partial charge < -0.3 is 9.67 Å². The van der Waals surface area contributed by atoms with Crippen LogP contribution in [0.15, 0.2) is 48.9 Å². The minimum Gasteiger partial charge on any atom is -0.478 e. The van der Waals surface area contributed by atoms with E-state index in [1.807, 2.05) is 0 Å². The molecule has 0 aliphatic carbocycles. The van der Waals surface area contributed by atoms with Crippen LogP contribution in [0.3, 0.4) is 0 Å². The maximum Gasteiger partial charge on any atom is 0.337 e. The lowest BCUT2D eigenvalue weighted by Gasteiger charge is -2.05. The van der Waals surface area contributed by atoms with Crippen molar-refractivity contribution in [2.24, 2.45) is 0 Å². The summed E-state index contributed by atoms with van der Waals surface area (Å²) in [5.74, 6) is -1.33. The highest BCUT2D eigenvalue weighted by Crippen LogP contribution is 2.22. The number of benzene rings is 1. The number of hydrogen-bond acceptors (Lipinski definition) is 2. The minimum absolute atomic E-state index is 0.151. The lowest BCUT2D eigenvalue weighted by Crippen LogP contribution is -1.99. The van der Waals surface area contributed by atoms with Crippen LogP contribution in [-0.2, 0) is 0 Å². The van der Waals surface area contributed by atoms with Gasteiger partial charge in [0.15, 0.2) is 0 Å². The van der Waals surface area contributed by atoms with Gasteiger partial charge in [-0.2, -0.15) is 0 Å². The number of carboxylic acids is 1. The average Bonchev–Trinajstić information content (AvgIpc) is 2.83. The average molecular weight is 256 g/mol. The number of carboxylic acid groups (broad SMARTS) is 1. The predicted molar refractivity (Wildman–Crippen MR) is 68.0 cm³/mol. The van der Waals surface area contributed by atoms with Gasteiger partial charge in [-0.3, -0.25) is 4.98 Å². The number of hydrogen-bond donors (Lipinski definition) is 1. The van der Waals surface area contributed by atoms with E-state index < -0.39 is 5.97 Å². The molecule has 0 aliphatic heterocycles. The summed E-state index contributed by atoms with van der Waals surface area (Å²) in [6.07, 6.45) is 4.65. The first kappa shape index (κ1) is 11.4. The predicted octanol–water partition coefficient (Wildman–Crippen LogP) is 2.86. The molecule has 0 amide bonds. The highest BCUT2D eigenvalue weighted by molar-refractivity contribution is 6.02. The number of aromatic nitrogens is 2. The smallest absolute Gasteiger partial charge is 0.337 e. The second kappa shape index (κ2) is 4.20. The van der Waals surface area contributed by atoms with Crippen LogP contribution in [0.1, 0.15) is 10.4 Å². The molecule has 4 nitrogen and oxygen atoms in total. The van der Waals surface area contributed by atoms with Gasteiger partial charge in [0.2, 0.25) is 0 Å². The molecule has 2 aromatic heterocycles. The van der Waals surface area contributed by atoms with Crippen LogP contribution in [0, 0.1) is 5.82 Å². The molecule has 0 unspecified atom stereocenters. The Hall–Kier alpha value is -2.69. The van der Waals surface area contributed by atoms with Crippen LogP contribution in [0.25, 0.3) is 16.6 Å². The molecule has 0 bridgehead atoms. The number of fused-ring (bicyclic) bond motifs is 1. The maximum atomic E-state index is 12.9. The zero-order valence-electron chi connectivity index (χ0n) is 9.75. The van der Waals surface area contributed by atoms with Gasteiger partial charge in [0.05, 0.1) is 17.3 Å². The van der Waals surface area contributed by atoms with Gasteiger partial charge in [-0.1, -0.05) is 0 Å². The summed E-state index contributed by atoms with van der Waals surface area (Å²) >= 11 is 0. The van der Waals surface area contributed by atoms with Crippen molar-refractivity contribution in [3.05, 3.63) is 60.3 Å². The second-order valence-corrected chi connectivity index (χ2v) is 4.09. The largest absolute Gasteiger partial charge is 0.478 e. The van der Waals surface area contributed by atoms with Crippen LogP contribution in [0.2, 0.25) is 0 Å². The van der Waals surface area contributed by atoms with Gasteiger partial charge in [0.25, 0.3) is 0 Å². The van der Waals surface area contributed by atoms with E-state index in [-0.39, 0.29) is 11.4 Å². The van der Waals surface area contributed by atoms with Crippen LogP contribution in [-0.4, -0.2) is 20.6 Å². The van der Waals surface area contributed by atoms with Crippen molar-refractivity contribution in [1.29, 1.82) is 0 Å². The summed E-state index contributed by atoms with van der Waals surface area (Å²) in [5, 5.41) is 9.70. The summed E-state index contributed by atoms with van der Waals surface area (Å²) in [6.45, 7) is 0. The molecule has 0 radical (unpaired) electrons. The molecule has 0 spiro atoms. The third kappa shape index (κ3) is 1.85. The van der Waals surface area contributed by atoms with E-state index >= 15 is 0 Å². The number of aromatic carboxylic acids is 1. The molecule has 1 aromatic carbocycles. The molecule has 3 rings (SSSR count). The van der Waals surface area contributed by atoms with Crippen molar-refractivity contribution in [2.45, 2.75) is 0 Å². The zero-order chi connectivity index (χ0) is 13.4. The third-order valence-electron chi connectivity index (χ3n) is 2.95. The monoisotopic (exact) mass is 256 g/mol. The Labute approximate surface area is 107 Å². The first-order chi connectivity index (χ1) is 9.16. The van der Waals surface area contributed by atoms with Crippen molar-refractivity contribution >= 4 is 16.9 Å². The molecule has 3 aromatic rings. The lowest BCUT2D eigenvalue weighted by molar-refractivity contribution is 0.0698. The highest BCUT2D eigenvalue weighted by atomic mass is 19.1. The number of halogens is 1. The summed E-state index contributed by atoms with van der Waals surface area (Å²) < 4.78 is 14.7. The van der Waals surface area contributed by atoms with Crippen molar-refractivity contribution < 1.29 is 14.3 Å². The molecular formula is C14H9FN2O2. The summed E-state index contributed by atoms with van der Waals surface area (Å²) in [5.41, 5.74) is 1.57. The van der Waals surface area contributed by atoms with E-state index in [0.29, 0.717) is 10.9 Å². The first-order valence-electron chi connectivity index (χ1n) is 5.61. The quantitative estimate of drug-likeness (QED) is 0.767. The van der Waals surface area contributed by atoms with E-state index in [4.69, 9.17) is 5.11 Å². The fourth-order valence-corrected chi connectivity index (χ4v) is 2.05. The molecule has 2 heterocycles. The van der Waals surface area contributed by atoms with Gasteiger partial charge in [0, 0.05) is 23.5 Å². The Morgan fingerprint density at radius 2 is 1.89 bits per heavy atom. The number of nitrogens with zero attached hydrogens (tertiary/aromatic N) is 2. The molecule has 94 valence electrons. The van der Waals surface area contributed by atoms with E-state index in [1.54, 1.807) is 35.2 Å². The van der Waals surface area contributed by atoms with Gasteiger partial charge in [-0.05, 0) is 30.3 Å². The molecule has 0 fully saturated rings. The van der Waals surface area contributed by atoms with Crippen LogP contribution < -0.4 is 0 Å². The molecule has 1 N–H and O–H groups in total. The van der Waals surface area contributed by atoms with Crippen molar-refractivity contribution in [1.82, 2.24) is 9.55 Å². The zero-order valence-corrected chi connectivity index (χ0v) is 9.75.